The minimum atomic E-state index is -0.545. The van der Waals surface area contributed by atoms with Crippen LogP contribution in [0.4, 0.5) is 5.69 Å². The van der Waals surface area contributed by atoms with Crippen LogP contribution in [0.2, 0.25) is 0 Å². The number of carbonyl (C=O) groups excluding carboxylic acids is 3. The number of rotatable bonds is 9. The van der Waals surface area contributed by atoms with E-state index in [1.807, 2.05) is 32.9 Å². The molecular formula is C27H33N5O4. The molecule has 9 heteroatoms. The van der Waals surface area contributed by atoms with Crippen molar-refractivity contribution in [3.05, 3.63) is 70.4 Å². The molecule has 0 saturated carbocycles. The molecule has 0 atom stereocenters. The number of amides is 2. The van der Waals surface area contributed by atoms with Gasteiger partial charge in [0.05, 0.1) is 17.6 Å². The molecule has 9 nitrogen and oxygen atoms in total. The molecule has 2 amide bonds. The van der Waals surface area contributed by atoms with Crippen LogP contribution in [-0.2, 0) is 16.1 Å². The van der Waals surface area contributed by atoms with Crippen LogP contribution in [0.3, 0.4) is 0 Å². The van der Waals surface area contributed by atoms with Crippen LogP contribution in [0.5, 0.6) is 0 Å². The van der Waals surface area contributed by atoms with E-state index in [2.05, 4.69) is 15.3 Å². The number of fused-ring (bicyclic) bond motifs is 1. The van der Waals surface area contributed by atoms with Crippen LogP contribution in [0.25, 0.3) is 11.0 Å². The molecule has 0 radical (unpaired) electrons. The largest absolute Gasteiger partial charge is 0.345 e. The molecule has 3 aromatic rings. The first kappa shape index (κ1) is 26.6. The van der Waals surface area contributed by atoms with E-state index >= 15 is 0 Å². The molecule has 0 bridgehead atoms. The summed E-state index contributed by atoms with van der Waals surface area (Å²) in [4.78, 5) is 58.9. The summed E-state index contributed by atoms with van der Waals surface area (Å²) >= 11 is 0. The van der Waals surface area contributed by atoms with Crippen LogP contribution >= 0.6 is 0 Å². The predicted molar refractivity (Wildman–Crippen MR) is 140 cm³/mol. The van der Waals surface area contributed by atoms with Crippen LogP contribution in [0.15, 0.2) is 53.5 Å². The summed E-state index contributed by atoms with van der Waals surface area (Å²) in [6.07, 6.45) is 6.20. The average molecular weight is 492 g/mol. The molecule has 2 heterocycles. The van der Waals surface area contributed by atoms with E-state index in [1.165, 1.54) is 15.5 Å². The number of carbonyl (C=O) groups is 3. The number of aromatic nitrogens is 3. The maximum absolute atomic E-state index is 12.9. The van der Waals surface area contributed by atoms with Crippen molar-refractivity contribution in [1.82, 2.24) is 19.4 Å². The van der Waals surface area contributed by atoms with Gasteiger partial charge in [-0.25, -0.2) is 4.98 Å². The van der Waals surface area contributed by atoms with Gasteiger partial charge in [-0.2, -0.15) is 0 Å². The zero-order valence-corrected chi connectivity index (χ0v) is 21.4. The summed E-state index contributed by atoms with van der Waals surface area (Å²) < 4.78 is 1.45. The summed E-state index contributed by atoms with van der Waals surface area (Å²) in [5.41, 5.74) is 1.12. The van der Waals surface area contributed by atoms with Crippen molar-refractivity contribution >= 4 is 34.3 Å². The molecule has 3 rings (SSSR count). The quantitative estimate of drug-likeness (QED) is 0.269. The predicted octanol–water partition coefficient (Wildman–Crippen LogP) is 3.75. The number of H-pyrrole nitrogens is 1. The van der Waals surface area contributed by atoms with E-state index in [0.29, 0.717) is 29.7 Å². The Bertz CT molecular complexity index is 1360. The summed E-state index contributed by atoms with van der Waals surface area (Å²) in [6.45, 7) is 5.75. The number of benzene rings is 1. The zero-order chi connectivity index (χ0) is 26.5. The Morgan fingerprint density at radius 2 is 1.89 bits per heavy atom. The molecule has 0 fully saturated rings. The highest BCUT2D eigenvalue weighted by atomic mass is 16.2. The van der Waals surface area contributed by atoms with Gasteiger partial charge >= 0.3 is 0 Å². The third-order valence-corrected chi connectivity index (χ3v) is 5.58. The third kappa shape index (κ3) is 6.56. The fraction of sp³-hybridized carbons (Fsp3) is 0.370. The van der Waals surface area contributed by atoms with Crippen LogP contribution in [0, 0.1) is 5.41 Å². The lowest BCUT2D eigenvalue weighted by Crippen LogP contribution is -2.26. The van der Waals surface area contributed by atoms with Gasteiger partial charge in [0.25, 0.3) is 5.56 Å². The number of ketones is 1. The van der Waals surface area contributed by atoms with Crippen LogP contribution < -0.4 is 10.9 Å². The molecule has 0 spiro atoms. The highest BCUT2D eigenvalue weighted by molar-refractivity contribution is 6.08. The second kappa shape index (κ2) is 11.2. The molecule has 0 aliphatic heterocycles. The van der Waals surface area contributed by atoms with Crippen LogP contribution in [-0.4, -0.2) is 51.1 Å². The van der Waals surface area contributed by atoms with E-state index in [4.69, 9.17) is 0 Å². The van der Waals surface area contributed by atoms with E-state index in [0.717, 1.165) is 5.52 Å². The van der Waals surface area contributed by atoms with E-state index < -0.39 is 5.41 Å². The Hall–Kier alpha value is -4.01. The van der Waals surface area contributed by atoms with Gasteiger partial charge in [0.1, 0.15) is 11.5 Å². The van der Waals surface area contributed by atoms with Crippen molar-refractivity contribution in [3.63, 3.8) is 0 Å². The van der Waals surface area contributed by atoms with Gasteiger partial charge in [0.15, 0.2) is 5.78 Å². The molecule has 0 aliphatic rings. The van der Waals surface area contributed by atoms with Crippen molar-refractivity contribution in [3.8, 4) is 0 Å². The number of Topliss-reactive ketones (excluding diaryl/α,β-unsaturated/α-hetero) is 1. The second-order valence-electron chi connectivity index (χ2n) is 9.89. The number of aromatic amines is 1. The fourth-order valence-corrected chi connectivity index (χ4v) is 3.59. The van der Waals surface area contributed by atoms with E-state index in [1.54, 1.807) is 44.6 Å². The fourth-order valence-electron chi connectivity index (χ4n) is 3.59. The Balaban J connectivity index is 1.68. The molecule has 0 aliphatic carbocycles. The topological polar surface area (TPSA) is 117 Å². The average Bonchev–Trinajstić information content (AvgIpc) is 3.22. The molecule has 36 heavy (non-hydrogen) atoms. The lowest BCUT2D eigenvalue weighted by atomic mass is 9.86. The van der Waals surface area contributed by atoms with Gasteiger partial charge in [-0.15, -0.1) is 0 Å². The summed E-state index contributed by atoms with van der Waals surface area (Å²) in [6, 6.07) is 8.66. The second-order valence-corrected chi connectivity index (χ2v) is 9.89. The first-order chi connectivity index (χ1) is 17.0. The highest BCUT2D eigenvalue weighted by Crippen LogP contribution is 2.25. The van der Waals surface area contributed by atoms with E-state index in [9.17, 15) is 19.2 Å². The maximum atomic E-state index is 12.9. The van der Waals surface area contributed by atoms with Gasteiger partial charge < -0.3 is 19.8 Å². The molecule has 2 N–H and O–H groups in total. The number of allylic oxidation sites excluding steroid dienone is 1. The Morgan fingerprint density at radius 3 is 2.58 bits per heavy atom. The van der Waals surface area contributed by atoms with Crippen molar-refractivity contribution in [2.45, 2.75) is 46.6 Å². The normalized spacial score (nSPS) is 11.7. The Morgan fingerprint density at radius 1 is 1.14 bits per heavy atom. The summed E-state index contributed by atoms with van der Waals surface area (Å²) in [7, 11) is 3.35. The van der Waals surface area contributed by atoms with Gasteiger partial charge in [-0.3, -0.25) is 19.2 Å². The first-order valence-electron chi connectivity index (χ1n) is 11.9. The van der Waals surface area contributed by atoms with E-state index in [-0.39, 0.29) is 41.8 Å². The number of likely N-dealkylation sites (N-methyl/N-ethyl adjacent to an activating group) is 1. The summed E-state index contributed by atoms with van der Waals surface area (Å²) in [5, 5.41) is 2.67. The number of imidazole rings is 1. The first-order valence-corrected chi connectivity index (χ1v) is 11.9. The smallest absolute Gasteiger partial charge is 0.274 e. The Labute approximate surface area is 210 Å². The number of hydrogen-bond donors (Lipinski definition) is 2. The molecule has 0 unspecified atom stereocenters. The molecule has 2 aromatic heterocycles. The monoisotopic (exact) mass is 491 g/mol. The van der Waals surface area contributed by atoms with Gasteiger partial charge in [-0.05, 0) is 43.2 Å². The number of unbranched alkanes of at least 4 members (excludes halogenated alkanes) is 1. The van der Waals surface area contributed by atoms with Crippen molar-refractivity contribution in [1.29, 1.82) is 0 Å². The lowest BCUT2D eigenvalue weighted by molar-refractivity contribution is -0.123. The number of nitrogens with one attached hydrogen (secondary N) is 2. The van der Waals surface area contributed by atoms with Gasteiger partial charge in [-0.1, -0.05) is 32.9 Å². The van der Waals surface area contributed by atoms with Gasteiger partial charge in [0, 0.05) is 37.7 Å². The molecular weight excluding hydrogens is 458 g/mol. The number of nitrogens with zero attached hydrogens (tertiary/aromatic N) is 3. The van der Waals surface area contributed by atoms with Gasteiger partial charge in [0.2, 0.25) is 11.8 Å². The number of hydrogen-bond acceptors (Lipinski definition) is 5. The zero-order valence-electron chi connectivity index (χ0n) is 21.4. The Kier molecular flexibility index (Phi) is 8.24. The minimum Gasteiger partial charge on any atom is -0.345 e. The summed E-state index contributed by atoms with van der Waals surface area (Å²) in [5.74, 6) is 0.147. The SMILES string of the molecule is CN(C)C(=O)/C=C/CCCC(=O)Nc1cccn(Cc2nc3c(C(=O)C(C)(C)C)cccc3[nH]2)c1=O. The highest BCUT2D eigenvalue weighted by Gasteiger charge is 2.25. The van der Waals surface area contributed by atoms with Crippen molar-refractivity contribution in [2.75, 3.05) is 19.4 Å². The van der Waals surface area contributed by atoms with Crippen LogP contribution in [0.1, 0.15) is 56.2 Å². The molecule has 190 valence electrons. The maximum Gasteiger partial charge on any atom is 0.274 e. The van der Waals surface area contributed by atoms with Crippen molar-refractivity contribution in [2.24, 2.45) is 5.41 Å². The third-order valence-electron chi connectivity index (χ3n) is 5.58. The minimum absolute atomic E-state index is 0.00665. The van der Waals surface area contributed by atoms with Crippen molar-refractivity contribution < 1.29 is 14.4 Å². The number of anilines is 1. The molecule has 1 aromatic carbocycles. The number of pyridine rings is 1. The lowest BCUT2D eigenvalue weighted by Gasteiger charge is -2.16. The number of para-hydroxylation sites is 1. The molecule has 0 saturated heterocycles. The standard InChI is InChI=1S/C27H33N5O4/c1-27(2,3)25(35)18-11-9-12-19-24(18)30-21(28-19)17-32-16-10-13-20(26(32)36)29-22(33)14-7-6-8-15-23(34)31(4)5/h8-13,15-16H,6-7,14,17H2,1-5H3,(H,28,30)(H,29,33)/b15-8+.